The Morgan fingerprint density at radius 2 is 2.04 bits per heavy atom. The maximum atomic E-state index is 13.0. The minimum absolute atomic E-state index is 0.233. The van der Waals surface area contributed by atoms with Crippen molar-refractivity contribution >= 4 is 5.69 Å². The molecule has 2 heterocycles. The van der Waals surface area contributed by atoms with E-state index in [-0.39, 0.29) is 12.0 Å². The maximum Gasteiger partial charge on any atom is 0.177 e. The van der Waals surface area contributed by atoms with Gasteiger partial charge < -0.3 is 9.64 Å². The fourth-order valence-electron chi connectivity index (χ4n) is 3.07. The molecule has 0 unspecified atom stereocenters. The number of ether oxygens (including phenoxy) is 1. The summed E-state index contributed by atoms with van der Waals surface area (Å²) < 4.78 is 20.6. The van der Waals surface area contributed by atoms with Crippen molar-refractivity contribution in [2.45, 2.75) is 19.7 Å². The average molecular weight is 338 g/mol. The Balaban J connectivity index is 1.53. The number of halogens is 1. The molecule has 25 heavy (non-hydrogen) atoms. The van der Waals surface area contributed by atoms with Crippen molar-refractivity contribution in [2.24, 2.45) is 0 Å². The highest BCUT2D eigenvalue weighted by atomic mass is 19.1. The molecule has 0 bridgehead atoms. The van der Waals surface area contributed by atoms with Crippen molar-refractivity contribution < 1.29 is 9.13 Å². The lowest BCUT2D eigenvalue weighted by molar-refractivity contribution is 0.110. The van der Waals surface area contributed by atoms with Gasteiger partial charge in [0.1, 0.15) is 11.5 Å². The van der Waals surface area contributed by atoms with Gasteiger partial charge in [0.05, 0.1) is 19.3 Å². The quantitative estimate of drug-likeness (QED) is 0.732. The van der Waals surface area contributed by atoms with E-state index in [2.05, 4.69) is 40.3 Å². The molecule has 1 aliphatic rings. The van der Waals surface area contributed by atoms with E-state index in [0.29, 0.717) is 13.2 Å². The number of benzene rings is 2. The summed E-state index contributed by atoms with van der Waals surface area (Å²) in [5, 5.41) is 8.47. The van der Waals surface area contributed by atoms with Crippen LogP contribution < -0.4 is 4.90 Å². The van der Waals surface area contributed by atoms with Crippen LogP contribution in [0.5, 0.6) is 0 Å². The van der Waals surface area contributed by atoms with Crippen LogP contribution >= 0.6 is 0 Å². The second kappa shape index (κ2) is 6.64. The van der Waals surface area contributed by atoms with Crippen LogP contribution in [0.3, 0.4) is 0 Å². The topological polar surface area (TPSA) is 43.2 Å². The third-order valence-electron chi connectivity index (χ3n) is 4.29. The maximum absolute atomic E-state index is 13.0. The lowest BCUT2D eigenvalue weighted by Gasteiger charge is -2.23. The smallest absolute Gasteiger partial charge is 0.177 e. The molecule has 0 saturated carbocycles. The summed E-state index contributed by atoms with van der Waals surface area (Å²) in [7, 11) is 0. The summed E-state index contributed by atoms with van der Waals surface area (Å²) in [6.07, 6.45) is 1.66. The molecule has 2 aromatic carbocycles. The Morgan fingerprint density at radius 3 is 2.84 bits per heavy atom. The second-order valence-corrected chi connectivity index (χ2v) is 6.22. The molecular weight excluding hydrogens is 319 g/mol. The Kier molecular flexibility index (Phi) is 4.19. The summed E-state index contributed by atoms with van der Waals surface area (Å²) in [5.74, 6) is -0.240. The molecule has 3 aromatic rings. The van der Waals surface area contributed by atoms with Gasteiger partial charge in [0.2, 0.25) is 0 Å². The van der Waals surface area contributed by atoms with Crippen LogP contribution in [-0.4, -0.2) is 28.1 Å². The van der Waals surface area contributed by atoms with E-state index in [1.54, 1.807) is 16.8 Å². The van der Waals surface area contributed by atoms with Gasteiger partial charge >= 0.3 is 0 Å². The van der Waals surface area contributed by atoms with Gasteiger partial charge in [-0.2, -0.15) is 0 Å². The van der Waals surface area contributed by atoms with Gasteiger partial charge in [-0.25, -0.2) is 9.07 Å². The fourth-order valence-corrected chi connectivity index (χ4v) is 3.07. The van der Waals surface area contributed by atoms with Crippen LogP contribution in [0.25, 0.3) is 0 Å². The van der Waals surface area contributed by atoms with E-state index in [4.69, 9.17) is 4.74 Å². The van der Waals surface area contributed by atoms with Gasteiger partial charge in [-0.1, -0.05) is 29.5 Å². The van der Waals surface area contributed by atoms with Crippen molar-refractivity contribution in [3.8, 4) is 0 Å². The van der Waals surface area contributed by atoms with Gasteiger partial charge in [0.15, 0.2) is 6.23 Å². The third-order valence-corrected chi connectivity index (χ3v) is 4.29. The van der Waals surface area contributed by atoms with E-state index in [1.807, 2.05) is 12.3 Å². The van der Waals surface area contributed by atoms with Gasteiger partial charge in [0.25, 0.3) is 0 Å². The van der Waals surface area contributed by atoms with Crippen LogP contribution in [0.1, 0.15) is 23.0 Å². The summed E-state index contributed by atoms with van der Waals surface area (Å²) in [6, 6.07) is 14.8. The molecule has 1 atom stereocenters. The van der Waals surface area contributed by atoms with Crippen molar-refractivity contribution in [3.05, 3.63) is 77.4 Å². The molecule has 0 N–H and O–H groups in total. The first-order chi connectivity index (χ1) is 12.2. The molecule has 1 fully saturated rings. The number of hydrogen-bond donors (Lipinski definition) is 0. The largest absolute Gasteiger partial charge is 0.350 e. The zero-order valence-electron chi connectivity index (χ0n) is 14.0. The van der Waals surface area contributed by atoms with E-state index in [0.717, 1.165) is 23.5 Å². The lowest BCUT2D eigenvalue weighted by Crippen LogP contribution is -2.23. The number of rotatable bonds is 4. The van der Waals surface area contributed by atoms with E-state index >= 15 is 0 Å². The molecule has 0 spiro atoms. The first-order valence-electron chi connectivity index (χ1n) is 8.28. The molecule has 1 aliphatic heterocycles. The summed E-state index contributed by atoms with van der Waals surface area (Å²) in [5.41, 5.74) is 4.08. The molecule has 0 aliphatic carbocycles. The summed E-state index contributed by atoms with van der Waals surface area (Å²) in [6.45, 7) is 4.10. The molecule has 128 valence electrons. The number of hydrogen-bond acceptors (Lipinski definition) is 4. The first-order valence-corrected chi connectivity index (χ1v) is 8.28. The summed E-state index contributed by atoms with van der Waals surface area (Å²) in [4.78, 5) is 2.19. The van der Waals surface area contributed by atoms with E-state index < -0.39 is 0 Å². The number of aryl methyl sites for hydroxylation is 1. The SMILES string of the molecule is Cc1cccc(N2CCO[C@H]2c2cn(Cc3ccc(F)cc3)nn2)c1. The third kappa shape index (κ3) is 3.39. The first kappa shape index (κ1) is 15.8. The molecule has 4 rings (SSSR count). The zero-order valence-corrected chi connectivity index (χ0v) is 14.0. The number of aromatic nitrogens is 3. The monoisotopic (exact) mass is 338 g/mol. The normalized spacial score (nSPS) is 17.2. The Morgan fingerprint density at radius 1 is 1.20 bits per heavy atom. The highest BCUT2D eigenvalue weighted by Crippen LogP contribution is 2.31. The molecule has 0 amide bonds. The Labute approximate surface area is 145 Å². The second-order valence-electron chi connectivity index (χ2n) is 6.22. The van der Waals surface area contributed by atoms with Crippen molar-refractivity contribution in [3.63, 3.8) is 0 Å². The van der Waals surface area contributed by atoms with E-state index in [1.165, 1.54) is 17.7 Å². The minimum Gasteiger partial charge on any atom is -0.350 e. The molecular formula is C19H19FN4O. The zero-order chi connectivity index (χ0) is 17.2. The highest BCUT2D eigenvalue weighted by Gasteiger charge is 2.29. The Hall–Kier alpha value is -2.73. The molecule has 5 nitrogen and oxygen atoms in total. The summed E-state index contributed by atoms with van der Waals surface area (Å²) >= 11 is 0. The predicted molar refractivity (Wildman–Crippen MR) is 92.7 cm³/mol. The standard InChI is InChI=1S/C19H19FN4O/c1-14-3-2-4-17(11-14)24-9-10-25-19(24)18-13-23(22-21-18)12-15-5-7-16(20)8-6-15/h2-8,11,13,19H,9-10,12H2,1H3/t19-/m0/s1. The molecule has 1 saturated heterocycles. The van der Waals surface area contributed by atoms with Crippen LogP contribution in [0, 0.1) is 12.7 Å². The fraction of sp³-hybridized carbons (Fsp3) is 0.263. The van der Waals surface area contributed by atoms with Crippen molar-refractivity contribution in [2.75, 3.05) is 18.1 Å². The van der Waals surface area contributed by atoms with Gasteiger partial charge in [-0.05, 0) is 42.3 Å². The van der Waals surface area contributed by atoms with Crippen LogP contribution in [0.15, 0.2) is 54.7 Å². The van der Waals surface area contributed by atoms with Crippen LogP contribution in [0.2, 0.25) is 0 Å². The number of anilines is 1. The minimum atomic E-state index is -0.240. The van der Waals surface area contributed by atoms with Gasteiger partial charge in [-0.15, -0.1) is 5.10 Å². The van der Waals surface area contributed by atoms with Crippen LogP contribution in [0.4, 0.5) is 10.1 Å². The van der Waals surface area contributed by atoms with Crippen molar-refractivity contribution in [1.82, 2.24) is 15.0 Å². The van der Waals surface area contributed by atoms with Crippen molar-refractivity contribution in [1.29, 1.82) is 0 Å². The number of nitrogens with zero attached hydrogens (tertiary/aromatic N) is 4. The molecule has 1 aromatic heterocycles. The van der Waals surface area contributed by atoms with Gasteiger partial charge in [-0.3, -0.25) is 0 Å². The van der Waals surface area contributed by atoms with E-state index in [9.17, 15) is 4.39 Å². The predicted octanol–water partition coefficient (Wildman–Crippen LogP) is 3.31. The molecule has 6 heteroatoms. The molecule has 0 radical (unpaired) electrons. The average Bonchev–Trinajstić information content (AvgIpc) is 3.26. The lowest BCUT2D eigenvalue weighted by atomic mass is 10.2. The Bertz CT molecular complexity index is 862. The van der Waals surface area contributed by atoms with Gasteiger partial charge in [0, 0.05) is 12.2 Å². The van der Waals surface area contributed by atoms with Crippen LogP contribution in [-0.2, 0) is 11.3 Å². The highest BCUT2D eigenvalue weighted by molar-refractivity contribution is 5.50.